The summed E-state index contributed by atoms with van der Waals surface area (Å²) in [5.74, 6) is 0.633. The first-order valence-electron chi connectivity index (χ1n) is 13.6. The van der Waals surface area contributed by atoms with Crippen LogP contribution in [0.1, 0.15) is 89.0 Å². The maximum atomic E-state index is 13.3. The number of esters is 1. The Morgan fingerprint density at radius 3 is 2.51 bits per heavy atom. The van der Waals surface area contributed by atoms with Gasteiger partial charge in [-0.3, -0.25) is 9.79 Å². The molecule has 1 aromatic rings. The molecule has 4 rings (SSSR count). The summed E-state index contributed by atoms with van der Waals surface area (Å²) < 4.78 is 5.20. The Labute approximate surface area is 210 Å². The van der Waals surface area contributed by atoms with Crippen molar-refractivity contribution in [2.75, 3.05) is 13.7 Å². The van der Waals surface area contributed by atoms with Crippen LogP contribution in [0.2, 0.25) is 0 Å². The standard InChI is InChI=1S/C29H41N3O3/c1-3-35-29(34)26(19-30)27(20-15-16-20)31-24-12-8-10-22(18-24)21-9-7-11-23(17-21)28(33)32(2)25-13-5-4-6-14-25/h8,10,12,18-21,23,25H,3-7,9,11,13-17,30H2,1-2H3. The molecule has 0 heterocycles. The average Bonchev–Trinajstić information content (AvgIpc) is 3.74. The first kappa shape index (κ1) is 25.5. The summed E-state index contributed by atoms with van der Waals surface area (Å²) in [5, 5.41) is 0. The van der Waals surface area contributed by atoms with Gasteiger partial charge in [0.05, 0.1) is 23.6 Å². The van der Waals surface area contributed by atoms with Crippen LogP contribution in [0.3, 0.4) is 0 Å². The molecule has 0 bridgehead atoms. The van der Waals surface area contributed by atoms with Crippen LogP contribution >= 0.6 is 0 Å². The monoisotopic (exact) mass is 479 g/mol. The van der Waals surface area contributed by atoms with Crippen molar-refractivity contribution >= 4 is 23.3 Å². The second-order valence-electron chi connectivity index (χ2n) is 10.5. The molecule has 2 atom stereocenters. The third-order valence-corrected chi connectivity index (χ3v) is 7.99. The number of amides is 1. The normalized spacial score (nSPS) is 24.2. The Morgan fingerprint density at radius 2 is 1.83 bits per heavy atom. The Morgan fingerprint density at radius 1 is 1.06 bits per heavy atom. The van der Waals surface area contributed by atoms with Gasteiger partial charge in [-0.1, -0.05) is 37.8 Å². The summed E-state index contributed by atoms with van der Waals surface area (Å²) in [6, 6.07) is 8.72. The van der Waals surface area contributed by atoms with Crippen molar-refractivity contribution in [1.82, 2.24) is 4.90 Å². The molecule has 0 radical (unpaired) electrons. The fourth-order valence-electron chi connectivity index (χ4n) is 5.84. The third kappa shape index (κ3) is 6.33. The van der Waals surface area contributed by atoms with Gasteiger partial charge in [0.15, 0.2) is 0 Å². The quantitative estimate of drug-likeness (QED) is 0.297. The van der Waals surface area contributed by atoms with Crippen molar-refractivity contribution in [3.63, 3.8) is 0 Å². The molecule has 6 nitrogen and oxygen atoms in total. The van der Waals surface area contributed by atoms with Crippen LogP contribution in [0.4, 0.5) is 5.69 Å². The summed E-state index contributed by atoms with van der Waals surface area (Å²) in [6.07, 6.45) is 13.5. The van der Waals surface area contributed by atoms with Gasteiger partial charge in [0.2, 0.25) is 5.91 Å². The van der Waals surface area contributed by atoms with Crippen molar-refractivity contribution in [2.45, 2.75) is 89.5 Å². The third-order valence-electron chi connectivity index (χ3n) is 7.99. The Balaban J connectivity index is 1.48. The molecule has 3 saturated carbocycles. The Bertz CT molecular complexity index is 960. The average molecular weight is 480 g/mol. The van der Waals surface area contributed by atoms with Gasteiger partial charge in [0.1, 0.15) is 0 Å². The van der Waals surface area contributed by atoms with E-state index in [-0.39, 0.29) is 11.8 Å². The molecule has 0 spiro atoms. The molecule has 35 heavy (non-hydrogen) atoms. The molecule has 0 aromatic heterocycles. The van der Waals surface area contributed by atoms with E-state index in [1.165, 1.54) is 31.0 Å². The van der Waals surface area contributed by atoms with Crippen LogP contribution in [0.5, 0.6) is 0 Å². The summed E-state index contributed by atoms with van der Waals surface area (Å²) in [7, 11) is 2.02. The Kier molecular flexibility index (Phi) is 8.64. The van der Waals surface area contributed by atoms with Gasteiger partial charge in [-0.15, -0.1) is 0 Å². The van der Waals surface area contributed by atoms with Gasteiger partial charge in [-0.2, -0.15) is 0 Å². The van der Waals surface area contributed by atoms with E-state index in [4.69, 9.17) is 15.5 Å². The fraction of sp³-hybridized carbons (Fsp3) is 0.621. The maximum Gasteiger partial charge on any atom is 0.341 e. The fourth-order valence-corrected chi connectivity index (χ4v) is 5.84. The maximum absolute atomic E-state index is 13.3. The van der Waals surface area contributed by atoms with E-state index < -0.39 is 5.97 Å². The zero-order valence-electron chi connectivity index (χ0n) is 21.4. The van der Waals surface area contributed by atoms with Crippen LogP contribution in [-0.4, -0.2) is 42.2 Å². The number of carbonyl (C=O) groups is 2. The first-order chi connectivity index (χ1) is 17.0. The molecule has 0 aliphatic heterocycles. The molecule has 2 N–H and O–H groups in total. The van der Waals surface area contributed by atoms with Crippen LogP contribution < -0.4 is 5.73 Å². The molecular formula is C29H41N3O3. The van der Waals surface area contributed by atoms with E-state index in [9.17, 15) is 9.59 Å². The van der Waals surface area contributed by atoms with E-state index in [2.05, 4.69) is 17.0 Å². The Hall–Kier alpha value is -2.63. The van der Waals surface area contributed by atoms with Gasteiger partial charge in [-0.05, 0) is 75.5 Å². The molecule has 6 heteroatoms. The van der Waals surface area contributed by atoms with Gasteiger partial charge in [-0.25, -0.2) is 4.79 Å². The van der Waals surface area contributed by atoms with Gasteiger partial charge in [0.25, 0.3) is 0 Å². The number of ether oxygens (including phenoxy) is 1. The highest BCUT2D eigenvalue weighted by Gasteiger charge is 2.34. The summed E-state index contributed by atoms with van der Waals surface area (Å²) in [4.78, 5) is 32.7. The highest BCUT2D eigenvalue weighted by atomic mass is 16.5. The van der Waals surface area contributed by atoms with Gasteiger partial charge in [0, 0.05) is 31.1 Å². The lowest BCUT2D eigenvalue weighted by Crippen LogP contribution is -2.42. The summed E-state index contributed by atoms with van der Waals surface area (Å²) in [5.41, 5.74) is 8.98. The first-order valence-corrected chi connectivity index (χ1v) is 13.6. The zero-order chi connectivity index (χ0) is 24.8. The predicted octanol–water partition coefficient (Wildman–Crippen LogP) is 5.64. The van der Waals surface area contributed by atoms with E-state index in [1.807, 2.05) is 19.2 Å². The summed E-state index contributed by atoms with van der Waals surface area (Å²) >= 11 is 0. The van der Waals surface area contributed by atoms with E-state index in [0.717, 1.165) is 62.8 Å². The lowest BCUT2D eigenvalue weighted by molar-refractivity contribution is -0.138. The zero-order valence-corrected chi connectivity index (χ0v) is 21.4. The largest absolute Gasteiger partial charge is 0.462 e. The minimum atomic E-state index is -0.410. The molecule has 3 aliphatic rings. The number of carbonyl (C=O) groups excluding carboxylic acids is 2. The lowest BCUT2D eigenvalue weighted by Gasteiger charge is -2.36. The van der Waals surface area contributed by atoms with E-state index in [0.29, 0.717) is 30.0 Å². The second-order valence-corrected chi connectivity index (χ2v) is 10.5. The molecule has 1 amide bonds. The molecule has 3 fully saturated rings. The van der Waals surface area contributed by atoms with Crippen LogP contribution in [0.15, 0.2) is 41.0 Å². The van der Waals surface area contributed by atoms with Crippen LogP contribution in [0.25, 0.3) is 0 Å². The molecule has 0 saturated heterocycles. The van der Waals surface area contributed by atoms with Crippen molar-refractivity contribution in [1.29, 1.82) is 0 Å². The van der Waals surface area contributed by atoms with Gasteiger partial charge >= 0.3 is 5.97 Å². The van der Waals surface area contributed by atoms with Crippen molar-refractivity contribution < 1.29 is 14.3 Å². The van der Waals surface area contributed by atoms with Crippen LogP contribution in [0, 0.1) is 11.8 Å². The smallest absolute Gasteiger partial charge is 0.341 e. The SMILES string of the molecule is CCOC(=O)C(=CN)C(=Nc1cccc(C2CCCC(C(=O)N(C)C3CCCCC3)C2)c1)C1CC1. The predicted molar refractivity (Wildman–Crippen MR) is 140 cm³/mol. The number of hydrogen-bond donors (Lipinski definition) is 1. The van der Waals surface area contributed by atoms with Crippen molar-refractivity contribution in [3.8, 4) is 0 Å². The van der Waals surface area contributed by atoms with Crippen molar-refractivity contribution in [2.24, 2.45) is 22.6 Å². The molecular weight excluding hydrogens is 438 g/mol. The number of nitrogens with zero attached hydrogens (tertiary/aromatic N) is 2. The topological polar surface area (TPSA) is 85.0 Å². The minimum Gasteiger partial charge on any atom is -0.462 e. The summed E-state index contributed by atoms with van der Waals surface area (Å²) in [6.45, 7) is 2.10. The number of hydrogen-bond acceptors (Lipinski definition) is 5. The number of nitrogens with two attached hydrogens (primary N) is 1. The lowest BCUT2D eigenvalue weighted by atomic mass is 9.77. The number of aliphatic imine (C=N–C) groups is 1. The highest BCUT2D eigenvalue weighted by molar-refractivity contribution is 6.21. The number of benzene rings is 1. The molecule has 190 valence electrons. The van der Waals surface area contributed by atoms with Crippen molar-refractivity contribution in [3.05, 3.63) is 41.6 Å². The van der Waals surface area contributed by atoms with E-state index >= 15 is 0 Å². The molecule has 2 unspecified atom stereocenters. The molecule has 1 aromatic carbocycles. The molecule has 3 aliphatic carbocycles. The highest BCUT2D eigenvalue weighted by Crippen LogP contribution is 2.39. The number of rotatable bonds is 8. The minimum absolute atomic E-state index is 0.102. The van der Waals surface area contributed by atoms with Crippen LogP contribution in [-0.2, 0) is 14.3 Å². The second kappa shape index (κ2) is 11.9. The van der Waals surface area contributed by atoms with Gasteiger partial charge < -0.3 is 15.4 Å². The van der Waals surface area contributed by atoms with E-state index in [1.54, 1.807) is 6.92 Å².